The summed E-state index contributed by atoms with van der Waals surface area (Å²) in [5, 5.41) is 2.10. The van der Waals surface area contributed by atoms with Gasteiger partial charge in [0.15, 0.2) is 0 Å². The molecule has 0 aliphatic heterocycles. The molecule has 0 N–H and O–H groups in total. The van der Waals surface area contributed by atoms with Gasteiger partial charge in [-0.1, -0.05) is 18.2 Å². The van der Waals surface area contributed by atoms with Gasteiger partial charge in [0.05, 0.1) is 6.54 Å². The van der Waals surface area contributed by atoms with Crippen molar-refractivity contribution in [3.63, 3.8) is 0 Å². The van der Waals surface area contributed by atoms with E-state index in [0.29, 0.717) is 19.1 Å². The standard InChI is InChI=1S/C16H24N2OS/c1-4-17(10-13(2)3)16(19)12-18(14-7-8-14)11-15-6-5-9-20-15/h5-6,9,14H,2,4,7-8,10-12H2,1,3H3. The number of thiophene rings is 1. The van der Waals surface area contributed by atoms with Gasteiger partial charge in [-0.05, 0) is 38.1 Å². The molecule has 2 rings (SSSR count). The zero-order valence-electron chi connectivity index (χ0n) is 12.5. The van der Waals surface area contributed by atoms with E-state index >= 15 is 0 Å². The Labute approximate surface area is 125 Å². The average molecular weight is 292 g/mol. The lowest BCUT2D eigenvalue weighted by Crippen LogP contribution is -2.41. The Kier molecular flexibility index (Phi) is 5.38. The van der Waals surface area contributed by atoms with Crippen molar-refractivity contribution < 1.29 is 4.79 Å². The summed E-state index contributed by atoms with van der Waals surface area (Å²) >= 11 is 1.77. The second-order valence-corrected chi connectivity index (χ2v) is 6.61. The van der Waals surface area contributed by atoms with Crippen LogP contribution in [0.5, 0.6) is 0 Å². The predicted octanol–water partition coefficient (Wildman–Crippen LogP) is 3.14. The van der Waals surface area contributed by atoms with Crippen LogP contribution in [0.25, 0.3) is 0 Å². The molecule has 1 aliphatic rings. The molecule has 20 heavy (non-hydrogen) atoms. The molecule has 1 aliphatic carbocycles. The highest BCUT2D eigenvalue weighted by atomic mass is 32.1. The van der Waals surface area contributed by atoms with Crippen molar-refractivity contribution in [2.45, 2.75) is 39.3 Å². The van der Waals surface area contributed by atoms with Gasteiger partial charge in [-0.25, -0.2) is 0 Å². The number of hydrogen-bond donors (Lipinski definition) is 0. The Morgan fingerprint density at radius 3 is 2.70 bits per heavy atom. The van der Waals surface area contributed by atoms with Gasteiger partial charge >= 0.3 is 0 Å². The largest absolute Gasteiger partial charge is 0.338 e. The van der Waals surface area contributed by atoms with E-state index in [0.717, 1.165) is 18.7 Å². The van der Waals surface area contributed by atoms with Crippen LogP contribution < -0.4 is 0 Å². The molecule has 1 aromatic rings. The molecule has 3 nitrogen and oxygen atoms in total. The van der Waals surface area contributed by atoms with Crippen LogP contribution in [0.15, 0.2) is 29.7 Å². The molecule has 110 valence electrons. The van der Waals surface area contributed by atoms with Crippen LogP contribution in [0, 0.1) is 0 Å². The maximum absolute atomic E-state index is 12.4. The summed E-state index contributed by atoms with van der Waals surface area (Å²) in [7, 11) is 0. The lowest BCUT2D eigenvalue weighted by Gasteiger charge is -2.26. The monoisotopic (exact) mass is 292 g/mol. The van der Waals surface area contributed by atoms with Crippen molar-refractivity contribution in [2.24, 2.45) is 0 Å². The summed E-state index contributed by atoms with van der Waals surface area (Å²) in [5.74, 6) is 0.221. The number of amides is 1. The molecule has 0 unspecified atom stereocenters. The Morgan fingerprint density at radius 2 is 2.20 bits per heavy atom. The van der Waals surface area contributed by atoms with Crippen molar-refractivity contribution >= 4 is 17.2 Å². The lowest BCUT2D eigenvalue weighted by atomic mass is 10.3. The highest BCUT2D eigenvalue weighted by Crippen LogP contribution is 2.29. The number of nitrogens with zero attached hydrogens (tertiary/aromatic N) is 2. The van der Waals surface area contributed by atoms with Crippen LogP contribution in [-0.2, 0) is 11.3 Å². The van der Waals surface area contributed by atoms with Gasteiger partial charge in [0.1, 0.15) is 0 Å². The van der Waals surface area contributed by atoms with Gasteiger partial charge in [-0.3, -0.25) is 9.69 Å². The molecule has 0 atom stereocenters. The Bertz CT molecular complexity index is 451. The molecule has 1 aromatic heterocycles. The van der Waals surface area contributed by atoms with E-state index in [9.17, 15) is 4.79 Å². The van der Waals surface area contributed by atoms with Crippen molar-refractivity contribution in [1.29, 1.82) is 0 Å². The number of likely N-dealkylation sites (N-methyl/N-ethyl adjacent to an activating group) is 1. The van der Waals surface area contributed by atoms with Gasteiger partial charge in [-0.15, -0.1) is 11.3 Å². The van der Waals surface area contributed by atoms with Gasteiger partial charge in [0.25, 0.3) is 0 Å². The maximum Gasteiger partial charge on any atom is 0.237 e. The number of hydrogen-bond acceptors (Lipinski definition) is 3. The number of carbonyl (C=O) groups is 1. The fourth-order valence-electron chi connectivity index (χ4n) is 2.33. The van der Waals surface area contributed by atoms with Crippen LogP contribution in [0.1, 0.15) is 31.6 Å². The number of rotatable bonds is 8. The highest BCUT2D eigenvalue weighted by molar-refractivity contribution is 7.09. The van der Waals surface area contributed by atoms with Crippen LogP contribution in [-0.4, -0.2) is 41.4 Å². The van der Waals surface area contributed by atoms with E-state index in [1.165, 1.54) is 17.7 Å². The fourth-order valence-corrected chi connectivity index (χ4v) is 3.06. The Hall–Kier alpha value is -1.13. The minimum absolute atomic E-state index is 0.221. The van der Waals surface area contributed by atoms with Crippen LogP contribution in [0.4, 0.5) is 0 Å². The number of carbonyl (C=O) groups excluding carboxylic acids is 1. The van der Waals surface area contributed by atoms with Gasteiger partial charge < -0.3 is 4.90 Å². The fraction of sp³-hybridized carbons (Fsp3) is 0.562. The zero-order valence-corrected chi connectivity index (χ0v) is 13.3. The van der Waals surface area contributed by atoms with E-state index in [-0.39, 0.29) is 5.91 Å². The summed E-state index contributed by atoms with van der Waals surface area (Å²) in [6.45, 7) is 10.8. The molecule has 0 spiro atoms. The van der Waals surface area contributed by atoms with E-state index in [1.54, 1.807) is 11.3 Å². The smallest absolute Gasteiger partial charge is 0.237 e. The summed E-state index contributed by atoms with van der Waals surface area (Å²) in [4.78, 5) is 18.0. The first kappa shape index (κ1) is 15.3. The molecule has 0 aromatic carbocycles. The van der Waals surface area contributed by atoms with E-state index in [1.807, 2.05) is 18.7 Å². The summed E-state index contributed by atoms with van der Waals surface area (Å²) in [6.07, 6.45) is 2.45. The summed E-state index contributed by atoms with van der Waals surface area (Å²) in [6, 6.07) is 4.83. The second-order valence-electron chi connectivity index (χ2n) is 5.58. The molecule has 1 amide bonds. The third-order valence-corrected chi connectivity index (χ3v) is 4.40. The topological polar surface area (TPSA) is 23.6 Å². The molecule has 0 bridgehead atoms. The van der Waals surface area contributed by atoms with Crippen molar-refractivity contribution in [1.82, 2.24) is 9.80 Å². The normalized spacial score (nSPS) is 14.6. The molecule has 1 fully saturated rings. The zero-order chi connectivity index (χ0) is 14.5. The molecule has 0 saturated heterocycles. The maximum atomic E-state index is 12.4. The minimum atomic E-state index is 0.221. The van der Waals surface area contributed by atoms with Crippen molar-refractivity contribution in [3.05, 3.63) is 34.5 Å². The first-order chi connectivity index (χ1) is 9.60. The van der Waals surface area contributed by atoms with Crippen molar-refractivity contribution in [2.75, 3.05) is 19.6 Å². The highest BCUT2D eigenvalue weighted by Gasteiger charge is 2.31. The van der Waals surface area contributed by atoms with E-state index < -0.39 is 0 Å². The molecule has 0 radical (unpaired) electrons. The predicted molar refractivity (Wildman–Crippen MR) is 84.8 cm³/mol. The molecular formula is C16H24N2OS. The van der Waals surface area contributed by atoms with Gasteiger partial charge in [-0.2, -0.15) is 0 Å². The van der Waals surface area contributed by atoms with Crippen LogP contribution in [0.3, 0.4) is 0 Å². The minimum Gasteiger partial charge on any atom is -0.338 e. The SMILES string of the molecule is C=C(C)CN(CC)C(=O)CN(Cc1cccs1)C1CC1. The summed E-state index contributed by atoms with van der Waals surface area (Å²) < 4.78 is 0. The van der Waals surface area contributed by atoms with Gasteiger partial charge in [0.2, 0.25) is 5.91 Å². The van der Waals surface area contributed by atoms with Gasteiger partial charge in [0, 0.05) is 30.6 Å². The summed E-state index contributed by atoms with van der Waals surface area (Å²) in [5.41, 5.74) is 1.04. The second kappa shape index (κ2) is 7.04. The van der Waals surface area contributed by atoms with Crippen LogP contribution >= 0.6 is 11.3 Å². The van der Waals surface area contributed by atoms with Crippen molar-refractivity contribution in [3.8, 4) is 0 Å². The average Bonchev–Trinajstić information content (AvgIpc) is 3.13. The van der Waals surface area contributed by atoms with Crippen LogP contribution in [0.2, 0.25) is 0 Å². The first-order valence-electron chi connectivity index (χ1n) is 7.28. The molecule has 1 saturated carbocycles. The quantitative estimate of drug-likeness (QED) is 0.687. The first-order valence-corrected chi connectivity index (χ1v) is 8.16. The third kappa shape index (κ3) is 4.46. The Morgan fingerprint density at radius 1 is 1.45 bits per heavy atom. The molecule has 4 heteroatoms. The molecular weight excluding hydrogens is 268 g/mol. The van der Waals surface area contributed by atoms with E-state index in [2.05, 4.69) is 29.0 Å². The molecule has 1 heterocycles. The lowest BCUT2D eigenvalue weighted by molar-refractivity contribution is -0.132. The van der Waals surface area contributed by atoms with E-state index in [4.69, 9.17) is 0 Å². The third-order valence-electron chi connectivity index (χ3n) is 3.54. The Balaban J connectivity index is 1.93.